The summed E-state index contributed by atoms with van der Waals surface area (Å²) in [5.74, 6) is 0. The summed E-state index contributed by atoms with van der Waals surface area (Å²) in [5, 5.41) is 21.0. The molecule has 6 atom stereocenters. The Morgan fingerprint density at radius 1 is 0.615 bits per heavy atom. The predicted molar refractivity (Wildman–Crippen MR) is 92.0 cm³/mol. The van der Waals surface area contributed by atoms with Crippen LogP contribution in [-0.2, 0) is 18.9 Å². The molecule has 0 saturated carbocycles. The number of fused-ring (bicyclic) bond motifs is 3. The zero-order valence-corrected chi connectivity index (χ0v) is 14.2. The molecule has 6 nitrogen and oxygen atoms in total. The highest BCUT2D eigenvalue weighted by atomic mass is 16.7. The molecule has 2 saturated heterocycles. The van der Waals surface area contributed by atoms with Gasteiger partial charge in [0.1, 0.15) is 24.4 Å². The molecule has 2 aromatic carbocycles. The first-order valence-electron chi connectivity index (χ1n) is 8.72. The molecule has 0 aromatic heterocycles. The number of hydrogen-bond donors (Lipinski definition) is 2. The van der Waals surface area contributed by atoms with Crippen LogP contribution in [0.15, 0.2) is 60.7 Å². The molecule has 138 valence electrons. The Hall–Kier alpha value is -1.80. The van der Waals surface area contributed by atoms with Crippen molar-refractivity contribution in [2.75, 3.05) is 13.2 Å². The lowest BCUT2D eigenvalue weighted by molar-refractivity contribution is -0.252. The van der Waals surface area contributed by atoms with Crippen molar-refractivity contribution in [1.29, 1.82) is 0 Å². The van der Waals surface area contributed by atoms with E-state index in [2.05, 4.69) is 0 Å². The summed E-state index contributed by atoms with van der Waals surface area (Å²) < 4.78 is 23.6. The van der Waals surface area contributed by atoms with E-state index >= 15 is 0 Å². The Morgan fingerprint density at radius 2 is 1.04 bits per heavy atom. The third-order valence-electron chi connectivity index (χ3n) is 4.68. The Balaban J connectivity index is 1.59. The van der Waals surface area contributed by atoms with Crippen LogP contribution >= 0.6 is 0 Å². The molecular formula is C20H22O6. The first-order valence-corrected chi connectivity index (χ1v) is 8.72. The van der Waals surface area contributed by atoms with Gasteiger partial charge in [-0.25, -0.2) is 0 Å². The summed E-state index contributed by atoms with van der Waals surface area (Å²) in [5.41, 5.74) is 1.67. The molecular weight excluding hydrogens is 336 g/mol. The van der Waals surface area contributed by atoms with Crippen molar-refractivity contribution in [2.45, 2.75) is 37.0 Å². The largest absolute Gasteiger partial charge is 0.387 e. The average Bonchev–Trinajstić information content (AvgIpc) is 2.78. The van der Waals surface area contributed by atoms with E-state index in [1.165, 1.54) is 0 Å². The number of benzene rings is 2. The second kappa shape index (κ2) is 7.84. The quantitative estimate of drug-likeness (QED) is 0.854. The minimum atomic E-state index is -1.13. The molecule has 6 heteroatoms. The molecule has 2 N–H and O–H groups in total. The molecule has 0 radical (unpaired) electrons. The molecule has 26 heavy (non-hydrogen) atoms. The zero-order chi connectivity index (χ0) is 17.9. The molecule has 2 aliphatic heterocycles. The summed E-state index contributed by atoms with van der Waals surface area (Å²) in [6, 6.07) is 18.9. The lowest BCUT2D eigenvalue weighted by atomic mass is 10.0. The van der Waals surface area contributed by atoms with Gasteiger partial charge in [-0.2, -0.15) is 0 Å². The standard InChI is InChI=1S/C20H22O6/c21-17-15-11-23-19(13-7-3-1-4-8-13)24-12-16(18(17)22)26-20(25-15)14-9-5-2-6-10-14/h1-10,15-22H,11-12H2/t15-,16+,17-,18-,19?,20?/m1/s1. The first kappa shape index (κ1) is 17.6. The maximum absolute atomic E-state index is 10.5. The van der Waals surface area contributed by atoms with E-state index in [-0.39, 0.29) is 13.2 Å². The Morgan fingerprint density at radius 3 is 1.50 bits per heavy atom. The van der Waals surface area contributed by atoms with E-state index in [0.717, 1.165) is 11.1 Å². The van der Waals surface area contributed by atoms with Gasteiger partial charge in [0.25, 0.3) is 0 Å². The highest BCUT2D eigenvalue weighted by Gasteiger charge is 2.42. The van der Waals surface area contributed by atoms with E-state index in [9.17, 15) is 10.2 Å². The van der Waals surface area contributed by atoms with Crippen molar-refractivity contribution in [3.05, 3.63) is 71.8 Å². The van der Waals surface area contributed by atoms with Gasteiger partial charge in [-0.1, -0.05) is 60.7 Å². The Bertz CT molecular complexity index is 672. The van der Waals surface area contributed by atoms with Crippen LogP contribution in [0.1, 0.15) is 23.7 Å². The van der Waals surface area contributed by atoms with Crippen molar-refractivity contribution in [3.8, 4) is 0 Å². The number of ether oxygens (including phenoxy) is 4. The summed E-state index contributed by atoms with van der Waals surface area (Å²) in [6.07, 6.45) is -5.07. The highest BCUT2D eigenvalue weighted by Crippen LogP contribution is 2.33. The average molecular weight is 358 g/mol. The van der Waals surface area contributed by atoms with Gasteiger partial charge in [0.2, 0.25) is 0 Å². The van der Waals surface area contributed by atoms with Crippen LogP contribution in [0.25, 0.3) is 0 Å². The third kappa shape index (κ3) is 3.66. The van der Waals surface area contributed by atoms with E-state index < -0.39 is 37.0 Å². The second-order valence-electron chi connectivity index (χ2n) is 6.48. The third-order valence-corrected chi connectivity index (χ3v) is 4.68. The van der Waals surface area contributed by atoms with Crippen molar-refractivity contribution in [1.82, 2.24) is 0 Å². The number of aliphatic hydroxyl groups excluding tert-OH is 2. The molecule has 0 aliphatic carbocycles. The highest BCUT2D eigenvalue weighted by molar-refractivity contribution is 5.17. The lowest BCUT2D eigenvalue weighted by Crippen LogP contribution is -2.45. The van der Waals surface area contributed by atoms with Crippen LogP contribution in [0.5, 0.6) is 0 Å². The van der Waals surface area contributed by atoms with Gasteiger partial charge in [-0.3, -0.25) is 0 Å². The summed E-state index contributed by atoms with van der Waals surface area (Å²) in [6.45, 7) is 0.133. The van der Waals surface area contributed by atoms with Crippen molar-refractivity contribution >= 4 is 0 Å². The van der Waals surface area contributed by atoms with E-state index in [4.69, 9.17) is 18.9 Å². The van der Waals surface area contributed by atoms with Gasteiger partial charge in [-0.05, 0) is 0 Å². The van der Waals surface area contributed by atoms with Crippen LogP contribution < -0.4 is 0 Å². The molecule has 2 unspecified atom stereocenters. The van der Waals surface area contributed by atoms with Crippen LogP contribution in [0.2, 0.25) is 0 Å². The van der Waals surface area contributed by atoms with Crippen molar-refractivity contribution in [3.63, 3.8) is 0 Å². The molecule has 2 bridgehead atoms. The summed E-state index contributed by atoms with van der Waals surface area (Å²) in [7, 11) is 0. The SMILES string of the molecule is O[C@H]1[C@H](O)[C@H]2COC(c3ccccc3)OC[C@@H]1OC(c1ccccc1)O2. The van der Waals surface area contributed by atoms with Gasteiger partial charge >= 0.3 is 0 Å². The van der Waals surface area contributed by atoms with Crippen LogP contribution in [-0.4, -0.2) is 47.8 Å². The number of hydrogen-bond acceptors (Lipinski definition) is 6. The molecule has 2 fully saturated rings. The number of rotatable bonds is 2. The van der Waals surface area contributed by atoms with Gasteiger partial charge < -0.3 is 29.2 Å². The number of aliphatic hydroxyl groups is 2. The Labute approximate surface area is 151 Å². The molecule has 0 amide bonds. The topological polar surface area (TPSA) is 77.4 Å². The van der Waals surface area contributed by atoms with Gasteiger partial charge in [-0.15, -0.1) is 0 Å². The minimum absolute atomic E-state index is 0.0667. The van der Waals surface area contributed by atoms with Gasteiger partial charge in [0, 0.05) is 11.1 Å². The van der Waals surface area contributed by atoms with E-state index in [0.29, 0.717) is 0 Å². The van der Waals surface area contributed by atoms with Crippen LogP contribution in [0, 0.1) is 0 Å². The van der Waals surface area contributed by atoms with Crippen molar-refractivity contribution < 1.29 is 29.2 Å². The first-order chi connectivity index (χ1) is 12.7. The summed E-state index contributed by atoms with van der Waals surface area (Å²) >= 11 is 0. The van der Waals surface area contributed by atoms with Gasteiger partial charge in [0.05, 0.1) is 13.2 Å². The lowest BCUT2D eigenvalue weighted by Gasteiger charge is -2.28. The molecule has 2 aromatic rings. The minimum Gasteiger partial charge on any atom is -0.387 e. The fraction of sp³-hybridized carbons (Fsp3) is 0.400. The van der Waals surface area contributed by atoms with E-state index in [1.54, 1.807) is 0 Å². The molecule has 0 spiro atoms. The maximum atomic E-state index is 10.5. The predicted octanol–water partition coefficient (Wildman–Crippen LogP) is 1.94. The molecule has 2 aliphatic rings. The fourth-order valence-corrected chi connectivity index (χ4v) is 3.21. The molecule has 4 rings (SSSR count). The van der Waals surface area contributed by atoms with E-state index in [1.807, 2.05) is 60.7 Å². The Kier molecular flexibility index (Phi) is 5.31. The van der Waals surface area contributed by atoms with Crippen molar-refractivity contribution in [2.24, 2.45) is 0 Å². The monoisotopic (exact) mass is 358 g/mol. The summed E-state index contributed by atoms with van der Waals surface area (Å²) in [4.78, 5) is 0. The van der Waals surface area contributed by atoms with Gasteiger partial charge in [0.15, 0.2) is 12.6 Å². The maximum Gasteiger partial charge on any atom is 0.184 e. The molecule has 2 heterocycles. The second-order valence-corrected chi connectivity index (χ2v) is 6.48. The zero-order valence-electron chi connectivity index (χ0n) is 14.2. The smallest absolute Gasteiger partial charge is 0.184 e. The normalized spacial score (nSPS) is 35.2. The fourth-order valence-electron chi connectivity index (χ4n) is 3.21. The van der Waals surface area contributed by atoms with Crippen LogP contribution in [0.4, 0.5) is 0 Å². The van der Waals surface area contributed by atoms with Crippen LogP contribution in [0.3, 0.4) is 0 Å².